The van der Waals surface area contributed by atoms with Crippen LogP contribution in [0.25, 0.3) is 0 Å². The van der Waals surface area contributed by atoms with Gasteiger partial charge in [0.2, 0.25) is 5.91 Å². The number of hydrogen-bond acceptors (Lipinski definition) is 2. The molecule has 1 N–H and O–H groups in total. The fraction of sp³-hybridized carbons (Fsp3) is 0.158. The van der Waals surface area contributed by atoms with E-state index in [4.69, 9.17) is 0 Å². The number of amides is 1. The van der Waals surface area contributed by atoms with Crippen LogP contribution in [0.15, 0.2) is 71.9 Å². The molecule has 0 spiro atoms. The number of hydrogen-bond donors (Lipinski definition) is 1. The molecule has 3 rings (SSSR count). The molecule has 1 heterocycles. The van der Waals surface area contributed by atoms with Crippen LogP contribution in [0.2, 0.25) is 0 Å². The van der Waals surface area contributed by atoms with Crippen molar-refractivity contribution in [3.63, 3.8) is 0 Å². The first kappa shape index (κ1) is 14.3. The van der Waals surface area contributed by atoms with Gasteiger partial charge in [0.05, 0.1) is 0 Å². The van der Waals surface area contributed by atoms with Gasteiger partial charge in [0.25, 0.3) is 0 Å². The molecule has 110 valence electrons. The molecule has 1 aliphatic heterocycles. The Balaban J connectivity index is 2.06. The summed E-state index contributed by atoms with van der Waals surface area (Å²) < 4.78 is 0. The van der Waals surface area contributed by atoms with Crippen LogP contribution in [-0.4, -0.2) is 11.7 Å². The topological polar surface area (TPSA) is 46.2 Å². The third-order valence-electron chi connectivity index (χ3n) is 3.95. The Kier molecular flexibility index (Phi) is 3.88. The summed E-state index contributed by atoms with van der Waals surface area (Å²) in [6.45, 7) is 1.79. The van der Waals surface area contributed by atoms with E-state index in [2.05, 4.69) is 5.32 Å². The summed E-state index contributed by atoms with van der Waals surface area (Å²) in [6.07, 6.45) is 0.301. The van der Waals surface area contributed by atoms with E-state index in [-0.39, 0.29) is 17.6 Å². The molecule has 0 aromatic heterocycles. The Morgan fingerprint density at radius 1 is 1.00 bits per heavy atom. The zero-order valence-corrected chi connectivity index (χ0v) is 12.4. The zero-order chi connectivity index (χ0) is 15.5. The predicted octanol–water partition coefficient (Wildman–Crippen LogP) is 3.45. The fourth-order valence-electron chi connectivity index (χ4n) is 2.92. The Morgan fingerprint density at radius 2 is 1.59 bits per heavy atom. The third-order valence-corrected chi connectivity index (χ3v) is 3.95. The van der Waals surface area contributed by atoms with Gasteiger partial charge in [0.1, 0.15) is 0 Å². The summed E-state index contributed by atoms with van der Waals surface area (Å²) in [7, 11) is 0. The second-order valence-electron chi connectivity index (χ2n) is 5.45. The maximum atomic E-state index is 12.9. The van der Waals surface area contributed by atoms with E-state index in [9.17, 15) is 9.59 Å². The highest BCUT2D eigenvalue weighted by Crippen LogP contribution is 2.34. The number of Topliss-reactive ketones (excluding diaryl/α,β-unsaturated/α-hetero) is 1. The van der Waals surface area contributed by atoms with E-state index in [0.717, 1.165) is 5.56 Å². The highest BCUT2D eigenvalue weighted by atomic mass is 16.2. The number of rotatable bonds is 3. The second kappa shape index (κ2) is 5.98. The summed E-state index contributed by atoms with van der Waals surface area (Å²) in [4.78, 5) is 24.8. The van der Waals surface area contributed by atoms with Crippen LogP contribution >= 0.6 is 0 Å². The second-order valence-corrected chi connectivity index (χ2v) is 5.45. The van der Waals surface area contributed by atoms with Gasteiger partial charge in [-0.3, -0.25) is 9.59 Å². The molecule has 1 unspecified atom stereocenters. The average Bonchev–Trinajstić information content (AvgIpc) is 2.55. The number of benzene rings is 2. The lowest BCUT2D eigenvalue weighted by Gasteiger charge is -2.27. The minimum atomic E-state index is -0.192. The summed E-state index contributed by atoms with van der Waals surface area (Å²) in [6, 6.07) is 18.9. The van der Waals surface area contributed by atoms with Crippen molar-refractivity contribution < 1.29 is 9.59 Å². The first-order valence-corrected chi connectivity index (χ1v) is 7.32. The lowest BCUT2D eigenvalue weighted by atomic mass is 9.81. The first-order chi connectivity index (χ1) is 10.7. The molecule has 3 heteroatoms. The Labute approximate surface area is 129 Å². The molecule has 0 bridgehead atoms. The molecule has 0 saturated carbocycles. The van der Waals surface area contributed by atoms with Gasteiger partial charge in [0.15, 0.2) is 5.78 Å². The van der Waals surface area contributed by atoms with Crippen molar-refractivity contribution in [2.24, 2.45) is 0 Å². The van der Waals surface area contributed by atoms with Gasteiger partial charge in [0, 0.05) is 29.2 Å². The van der Waals surface area contributed by atoms with Crippen LogP contribution in [0, 0.1) is 0 Å². The summed E-state index contributed by atoms with van der Waals surface area (Å²) in [5.41, 5.74) is 2.97. The van der Waals surface area contributed by atoms with E-state index in [1.807, 2.05) is 48.5 Å². The Morgan fingerprint density at radius 3 is 2.23 bits per heavy atom. The van der Waals surface area contributed by atoms with Gasteiger partial charge in [-0.15, -0.1) is 0 Å². The quantitative estimate of drug-likeness (QED) is 0.880. The summed E-state index contributed by atoms with van der Waals surface area (Å²) in [5, 5.41) is 2.80. The fourth-order valence-corrected chi connectivity index (χ4v) is 2.92. The van der Waals surface area contributed by atoms with E-state index >= 15 is 0 Å². The van der Waals surface area contributed by atoms with Gasteiger partial charge >= 0.3 is 0 Å². The van der Waals surface area contributed by atoms with Crippen LogP contribution in [0.3, 0.4) is 0 Å². The normalized spacial score (nSPS) is 18.0. The lowest BCUT2D eigenvalue weighted by Crippen LogP contribution is -2.33. The molecule has 1 amide bonds. The van der Waals surface area contributed by atoms with E-state index in [0.29, 0.717) is 23.3 Å². The summed E-state index contributed by atoms with van der Waals surface area (Å²) in [5.74, 6) is -0.259. The molecule has 22 heavy (non-hydrogen) atoms. The first-order valence-electron chi connectivity index (χ1n) is 7.32. The highest BCUT2D eigenvalue weighted by molar-refractivity contribution is 6.11. The summed E-state index contributed by atoms with van der Waals surface area (Å²) >= 11 is 0. The van der Waals surface area contributed by atoms with Crippen molar-refractivity contribution in [3.05, 3.63) is 83.1 Å². The van der Waals surface area contributed by atoms with E-state index < -0.39 is 0 Å². The van der Waals surface area contributed by atoms with Crippen molar-refractivity contribution in [3.8, 4) is 0 Å². The maximum Gasteiger partial charge on any atom is 0.225 e. The van der Waals surface area contributed by atoms with E-state index in [1.165, 1.54) is 0 Å². The molecule has 0 saturated heterocycles. The Hall–Kier alpha value is -2.68. The molecule has 0 radical (unpaired) electrons. The molecule has 3 nitrogen and oxygen atoms in total. The minimum absolute atomic E-state index is 0.0213. The highest BCUT2D eigenvalue weighted by Gasteiger charge is 2.31. The number of carbonyl (C=O) groups excluding carboxylic acids is 2. The predicted molar refractivity (Wildman–Crippen MR) is 85.4 cm³/mol. The van der Waals surface area contributed by atoms with Crippen LogP contribution in [0.4, 0.5) is 0 Å². The largest absolute Gasteiger partial charge is 0.330 e. The van der Waals surface area contributed by atoms with Crippen molar-refractivity contribution in [2.75, 3.05) is 0 Å². The molecule has 2 aromatic rings. The molecule has 0 fully saturated rings. The number of carbonyl (C=O) groups is 2. The molecular formula is C19H17NO2. The van der Waals surface area contributed by atoms with Gasteiger partial charge in [-0.2, -0.15) is 0 Å². The number of ketones is 1. The van der Waals surface area contributed by atoms with Crippen molar-refractivity contribution in [2.45, 2.75) is 19.3 Å². The maximum absolute atomic E-state index is 12.9. The monoisotopic (exact) mass is 291 g/mol. The zero-order valence-electron chi connectivity index (χ0n) is 12.4. The molecule has 1 aliphatic rings. The molecule has 0 aliphatic carbocycles. The van der Waals surface area contributed by atoms with E-state index in [1.54, 1.807) is 19.1 Å². The average molecular weight is 291 g/mol. The van der Waals surface area contributed by atoms with Gasteiger partial charge in [-0.1, -0.05) is 60.7 Å². The van der Waals surface area contributed by atoms with Gasteiger partial charge < -0.3 is 5.32 Å². The standard InChI is InChI=1S/C19H17NO2/c1-13-18(19(22)15-10-6-3-7-11-15)16(12-17(21)20-13)14-8-4-2-5-9-14/h2-11,16H,12H2,1H3,(H,20,21). The van der Waals surface area contributed by atoms with Crippen molar-refractivity contribution in [1.29, 1.82) is 0 Å². The van der Waals surface area contributed by atoms with Gasteiger partial charge in [-0.05, 0) is 12.5 Å². The smallest absolute Gasteiger partial charge is 0.225 e. The number of allylic oxidation sites excluding steroid dienone is 2. The van der Waals surface area contributed by atoms with Crippen LogP contribution in [0.5, 0.6) is 0 Å². The van der Waals surface area contributed by atoms with Crippen molar-refractivity contribution >= 4 is 11.7 Å². The lowest BCUT2D eigenvalue weighted by molar-refractivity contribution is -0.121. The Bertz CT molecular complexity index is 733. The molecule has 1 atom stereocenters. The SMILES string of the molecule is CC1=C(C(=O)c2ccccc2)C(c2ccccc2)CC(=O)N1. The van der Waals surface area contributed by atoms with Crippen LogP contribution in [0.1, 0.15) is 35.2 Å². The minimum Gasteiger partial charge on any atom is -0.330 e. The number of nitrogens with one attached hydrogen (secondary N) is 1. The molecular weight excluding hydrogens is 274 g/mol. The molecule has 2 aromatic carbocycles. The van der Waals surface area contributed by atoms with Crippen LogP contribution in [-0.2, 0) is 4.79 Å². The van der Waals surface area contributed by atoms with Crippen LogP contribution < -0.4 is 5.32 Å². The van der Waals surface area contributed by atoms with Gasteiger partial charge in [-0.25, -0.2) is 0 Å². The third kappa shape index (κ3) is 2.70. The van der Waals surface area contributed by atoms with Crippen molar-refractivity contribution in [1.82, 2.24) is 5.32 Å².